The lowest BCUT2D eigenvalue weighted by Gasteiger charge is -2.31. The van der Waals surface area contributed by atoms with E-state index in [1.54, 1.807) is 0 Å². The molecule has 2 heteroatoms. The minimum absolute atomic E-state index is 0.0613. The van der Waals surface area contributed by atoms with Crippen molar-refractivity contribution in [3.8, 4) is 0 Å². The Morgan fingerprint density at radius 1 is 0.357 bits per heavy atom. The molecule has 0 aliphatic carbocycles. The van der Waals surface area contributed by atoms with Crippen LogP contribution in [0.25, 0.3) is 0 Å². The van der Waals surface area contributed by atoms with Crippen molar-refractivity contribution in [2.75, 3.05) is 10.6 Å². The van der Waals surface area contributed by atoms with E-state index in [9.17, 15) is 0 Å². The maximum absolute atomic E-state index is 3.75. The number of benzene rings is 4. The van der Waals surface area contributed by atoms with Crippen LogP contribution >= 0.6 is 0 Å². The Balaban J connectivity index is 1.76. The molecule has 138 valence electrons. The molecule has 0 saturated heterocycles. The normalized spacial score (nSPS) is 12.7. The van der Waals surface area contributed by atoms with E-state index in [4.69, 9.17) is 0 Å². The Morgan fingerprint density at radius 3 is 0.964 bits per heavy atom. The Bertz CT molecular complexity index is 871. The molecule has 0 bridgehead atoms. The fourth-order valence-corrected chi connectivity index (χ4v) is 3.47. The maximum atomic E-state index is 3.75. The van der Waals surface area contributed by atoms with E-state index in [1.165, 1.54) is 11.1 Å². The fraction of sp³-hybridized carbons (Fsp3) is 0.0769. The maximum Gasteiger partial charge on any atom is 0.0757 e. The van der Waals surface area contributed by atoms with Crippen molar-refractivity contribution >= 4 is 11.4 Å². The van der Waals surface area contributed by atoms with Crippen molar-refractivity contribution in [2.45, 2.75) is 12.1 Å². The van der Waals surface area contributed by atoms with Gasteiger partial charge in [0.25, 0.3) is 0 Å². The van der Waals surface area contributed by atoms with Gasteiger partial charge in [-0.3, -0.25) is 0 Å². The molecular weight excluding hydrogens is 340 g/mol. The van der Waals surface area contributed by atoms with Gasteiger partial charge in [-0.1, -0.05) is 97.1 Å². The highest BCUT2D eigenvalue weighted by molar-refractivity contribution is 5.51. The van der Waals surface area contributed by atoms with E-state index in [2.05, 4.69) is 120 Å². The molecule has 2 unspecified atom stereocenters. The molecule has 0 aliphatic heterocycles. The highest BCUT2D eigenvalue weighted by atomic mass is 15.0. The smallest absolute Gasteiger partial charge is 0.0757 e. The average molecular weight is 364 g/mol. The molecule has 0 spiro atoms. The zero-order valence-electron chi connectivity index (χ0n) is 15.7. The van der Waals surface area contributed by atoms with Crippen LogP contribution in [0, 0.1) is 0 Å². The minimum Gasteiger partial charge on any atom is -0.376 e. The van der Waals surface area contributed by atoms with E-state index in [0.29, 0.717) is 0 Å². The number of hydrogen-bond donors (Lipinski definition) is 2. The first kappa shape index (κ1) is 17.9. The van der Waals surface area contributed by atoms with E-state index in [-0.39, 0.29) is 12.1 Å². The molecule has 0 amide bonds. The summed E-state index contributed by atoms with van der Waals surface area (Å²) in [6, 6.07) is 42.1. The molecule has 0 radical (unpaired) electrons. The lowest BCUT2D eigenvalue weighted by molar-refractivity contribution is 0.650. The van der Waals surface area contributed by atoms with Crippen LogP contribution in [0.5, 0.6) is 0 Å². The van der Waals surface area contributed by atoms with Crippen molar-refractivity contribution in [1.82, 2.24) is 0 Å². The minimum atomic E-state index is 0.0613. The standard InChI is InChI=1S/C26H24N2/c1-5-13-21(14-6-1)25(27-23-17-9-3-10-18-23)26(22-15-7-2-8-16-22)28-24-19-11-4-12-20-24/h1-20,25-28H. The summed E-state index contributed by atoms with van der Waals surface area (Å²) in [6.45, 7) is 0. The molecule has 2 nitrogen and oxygen atoms in total. The largest absolute Gasteiger partial charge is 0.376 e. The molecule has 2 N–H and O–H groups in total. The second-order valence-electron chi connectivity index (χ2n) is 6.80. The van der Waals surface area contributed by atoms with Gasteiger partial charge >= 0.3 is 0 Å². The molecule has 0 saturated carbocycles. The van der Waals surface area contributed by atoms with Gasteiger partial charge in [0, 0.05) is 11.4 Å². The van der Waals surface area contributed by atoms with E-state index >= 15 is 0 Å². The molecule has 0 heterocycles. The molecule has 4 rings (SSSR count). The summed E-state index contributed by atoms with van der Waals surface area (Å²) in [5.41, 5.74) is 4.69. The topological polar surface area (TPSA) is 24.1 Å². The van der Waals surface area contributed by atoms with Crippen LogP contribution in [0.1, 0.15) is 23.2 Å². The lowest BCUT2D eigenvalue weighted by Crippen LogP contribution is -2.25. The fourth-order valence-electron chi connectivity index (χ4n) is 3.47. The Hall–Kier alpha value is -3.52. The Labute approximate surface area is 166 Å². The molecule has 2 atom stereocenters. The van der Waals surface area contributed by atoms with Gasteiger partial charge in [0.15, 0.2) is 0 Å². The lowest BCUT2D eigenvalue weighted by atomic mass is 9.92. The monoisotopic (exact) mass is 364 g/mol. The highest BCUT2D eigenvalue weighted by Crippen LogP contribution is 2.35. The van der Waals surface area contributed by atoms with Crippen LogP contribution in [0.4, 0.5) is 11.4 Å². The zero-order valence-corrected chi connectivity index (χ0v) is 15.7. The molecule has 0 aromatic heterocycles. The summed E-state index contributed by atoms with van der Waals surface area (Å²) in [6.07, 6.45) is 0. The van der Waals surface area contributed by atoms with E-state index in [1.807, 2.05) is 12.1 Å². The molecule has 4 aromatic rings. The van der Waals surface area contributed by atoms with Gasteiger partial charge < -0.3 is 10.6 Å². The predicted molar refractivity (Wildman–Crippen MR) is 118 cm³/mol. The van der Waals surface area contributed by atoms with Crippen molar-refractivity contribution in [3.63, 3.8) is 0 Å². The SMILES string of the molecule is c1ccc(NC(c2ccccc2)C(Nc2ccccc2)c2ccccc2)cc1. The van der Waals surface area contributed by atoms with Gasteiger partial charge in [0.05, 0.1) is 12.1 Å². The van der Waals surface area contributed by atoms with Crippen molar-refractivity contribution in [2.24, 2.45) is 0 Å². The van der Waals surface area contributed by atoms with E-state index < -0.39 is 0 Å². The quantitative estimate of drug-likeness (QED) is 0.381. The summed E-state index contributed by atoms with van der Waals surface area (Å²) in [4.78, 5) is 0. The molecule has 28 heavy (non-hydrogen) atoms. The highest BCUT2D eigenvalue weighted by Gasteiger charge is 2.25. The number of hydrogen-bond acceptors (Lipinski definition) is 2. The summed E-state index contributed by atoms with van der Waals surface area (Å²) < 4.78 is 0. The van der Waals surface area contributed by atoms with Gasteiger partial charge in [-0.25, -0.2) is 0 Å². The van der Waals surface area contributed by atoms with E-state index in [0.717, 1.165) is 11.4 Å². The number of para-hydroxylation sites is 2. The third-order valence-corrected chi connectivity index (χ3v) is 4.84. The Kier molecular flexibility index (Phi) is 5.69. The molecule has 4 aromatic carbocycles. The third kappa shape index (κ3) is 4.41. The van der Waals surface area contributed by atoms with Crippen LogP contribution in [-0.2, 0) is 0 Å². The van der Waals surface area contributed by atoms with Gasteiger partial charge in [0.1, 0.15) is 0 Å². The summed E-state index contributed by atoms with van der Waals surface area (Å²) in [5, 5.41) is 7.50. The third-order valence-electron chi connectivity index (χ3n) is 4.84. The van der Waals surface area contributed by atoms with Gasteiger partial charge in [-0.05, 0) is 35.4 Å². The predicted octanol–water partition coefficient (Wildman–Crippen LogP) is 6.69. The molecule has 0 aliphatic rings. The van der Waals surface area contributed by atoms with Gasteiger partial charge in [-0.2, -0.15) is 0 Å². The van der Waals surface area contributed by atoms with Gasteiger partial charge in [-0.15, -0.1) is 0 Å². The molecule has 0 fully saturated rings. The van der Waals surface area contributed by atoms with Crippen LogP contribution in [0.3, 0.4) is 0 Å². The first-order valence-electron chi connectivity index (χ1n) is 9.63. The first-order chi connectivity index (χ1) is 13.9. The zero-order chi connectivity index (χ0) is 19.0. The van der Waals surface area contributed by atoms with Crippen LogP contribution < -0.4 is 10.6 Å². The molecular formula is C26H24N2. The average Bonchev–Trinajstić information content (AvgIpc) is 2.79. The van der Waals surface area contributed by atoms with Crippen molar-refractivity contribution in [1.29, 1.82) is 0 Å². The number of anilines is 2. The summed E-state index contributed by atoms with van der Waals surface area (Å²) in [5.74, 6) is 0. The van der Waals surface area contributed by atoms with Crippen LogP contribution in [0.2, 0.25) is 0 Å². The second kappa shape index (κ2) is 8.92. The van der Waals surface area contributed by atoms with Crippen molar-refractivity contribution in [3.05, 3.63) is 132 Å². The van der Waals surface area contributed by atoms with Gasteiger partial charge in [0.2, 0.25) is 0 Å². The first-order valence-corrected chi connectivity index (χ1v) is 9.63. The van der Waals surface area contributed by atoms with Crippen LogP contribution in [0.15, 0.2) is 121 Å². The van der Waals surface area contributed by atoms with Crippen LogP contribution in [-0.4, -0.2) is 0 Å². The number of rotatable bonds is 7. The van der Waals surface area contributed by atoms with Crippen molar-refractivity contribution < 1.29 is 0 Å². The summed E-state index contributed by atoms with van der Waals surface area (Å²) >= 11 is 0. The Morgan fingerprint density at radius 2 is 0.643 bits per heavy atom. The summed E-state index contributed by atoms with van der Waals surface area (Å²) in [7, 11) is 0. The number of nitrogens with one attached hydrogen (secondary N) is 2. The second-order valence-corrected chi connectivity index (χ2v) is 6.80.